The van der Waals surface area contributed by atoms with Crippen LogP contribution in [0.2, 0.25) is 0 Å². The van der Waals surface area contributed by atoms with Crippen molar-refractivity contribution in [1.82, 2.24) is 10.2 Å². The van der Waals surface area contributed by atoms with Gasteiger partial charge >= 0.3 is 0 Å². The van der Waals surface area contributed by atoms with Gasteiger partial charge in [0.25, 0.3) is 5.91 Å². The number of likely N-dealkylation sites (N-methyl/N-ethyl adjacent to an activating group) is 1. The van der Waals surface area contributed by atoms with Gasteiger partial charge in [-0.1, -0.05) is 78.4 Å². The van der Waals surface area contributed by atoms with Crippen molar-refractivity contribution >= 4 is 11.8 Å². The summed E-state index contributed by atoms with van der Waals surface area (Å²) in [5, 5.41) is 2.90. The number of nitrogens with one attached hydrogen (secondary N) is 1. The lowest BCUT2D eigenvalue weighted by Crippen LogP contribution is -2.51. The Bertz CT molecular complexity index is 988. The molecule has 1 unspecified atom stereocenters. The molecule has 0 saturated carbocycles. The first-order chi connectivity index (χ1) is 15.6. The number of para-hydroxylation sites is 1. The molecule has 0 fully saturated rings. The lowest BCUT2D eigenvalue weighted by Gasteiger charge is -2.31. The average Bonchev–Trinajstić information content (AvgIpc) is 2.82. The van der Waals surface area contributed by atoms with Gasteiger partial charge in [0.15, 0.2) is 6.61 Å². The first-order valence-electron chi connectivity index (χ1n) is 10.9. The number of hydrogen-bond donors (Lipinski definition) is 1. The third kappa shape index (κ3) is 6.71. The second kappa shape index (κ2) is 11.7. The average molecular weight is 431 g/mol. The highest BCUT2D eigenvalue weighted by molar-refractivity contribution is 5.88. The van der Waals surface area contributed by atoms with Crippen molar-refractivity contribution in [3.63, 3.8) is 0 Å². The largest absolute Gasteiger partial charge is 0.484 e. The summed E-state index contributed by atoms with van der Waals surface area (Å²) in [6.07, 6.45) is 0.426. The van der Waals surface area contributed by atoms with Gasteiger partial charge in [-0.15, -0.1) is 0 Å². The van der Waals surface area contributed by atoms with Crippen LogP contribution in [0.5, 0.6) is 5.75 Å². The Morgan fingerprint density at radius 1 is 0.875 bits per heavy atom. The standard InChI is InChI=1S/C27H30N2O3/c1-3-28-27(31)25(18-22-10-6-4-7-11-22)29(19-23-16-14-21(2)15-17-23)26(30)20-32-24-12-8-5-9-13-24/h4-17,25H,3,18-20H2,1-2H3,(H,28,31). The molecule has 0 bridgehead atoms. The van der Waals surface area contributed by atoms with Gasteiger partial charge in [0.2, 0.25) is 5.91 Å². The third-order valence-electron chi connectivity index (χ3n) is 5.20. The molecule has 3 aromatic rings. The summed E-state index contributed by atoms with van der Waals surface area (Å²) in [6, 6.07) is 26.3. The van der Waals surface area contributed by atoms with Crippen molar-refractivity contribution in [2.24, 2.45) is 0 Å². The third-order valence-corrected chi connectivity index (χ3v) is 5.20. The number of benzene rings is 3. The number of amides is 2. The normalized spacial score (nSPS) is 11.4. The van der Waals surface area contributed by atoms with Gasteiger partial charge in [0.05, 0.1) is 0 Å². The summed E-state index contributed by atoms with van der Waals surface area (Å²) in [5.41, 5.74) is 3.10. The maximum absolute atomic E-state index is 13.3. The van der Waals surface area contributed by atoms with E-state index in [4.69, 9.17) is 4.74 Å². The van der Waals surface area contributed by atoms with E-state index in [1.165, 1.54) is 0 Å². The molecule has 0 saturated heterocycles. The molecule has 0 radical (unpaired) electrons. The molecular formula is C27H30N2O3. The molecule has 3 rings (SSSR count). The highest BCUT2D eigenvalue weighted by Crippen LogP contribution is 2.16. The summed E-state index contributed by atoms with van der Waals surface area (Å²) < 4.78 is 5.72. The molecule has 0 aliphatic carbocycles. The van der Waals surface area contributed by atoms with Gasteiger partial charge in [-0.3, -0.25) is 9.59 Å². The number of nitrogens with zero attached hydrogens (tertiary/aromatic N) is 1. The number of rotatable bonds is 10. The van der Waals surface area contributed by atoms with Crippen molar-refractivity contribution in [1.29, 1.82) is 0 Å². The van der Waals surface area contributed by atoms with E-state index in [0.29, 0.717) is 25.3 Å². The Hall–Kier alpha value is -3.60. The molecule has 0 aliphatic rings. The van der Waals surface area contributed by atoms with E-state index in [0.717, 1.165) is 16.7 Å². The summed E-state index contributed by atoms with van der Waals surface area (Å²) in [7, 11) is 0. The molecule has 0 spiro atoms. The van der Waals surface area contributed by atoms with Gasteiger partial charge in [-0.05, 0) is 37.1 Å². The highest BCUT2D eigenvalue weighted by atomic mass is 16.5. The summed E-state index contributed by atoms with van der Waals surface area (Å²) in [5.74, 6) is 0.215. The lowest BCUT2D eigenvalue weighted by atomic mass is 10.0. The number of carbonyl (C=O) groups excluding carboxylic acids is 2. The summed E-state index contributed by atoms with van der Waals surface area (Å²) in [4.78, 5) is 28.0. The summed E-state index contributed by atoms with van der Waals surface area (Å²) in [6.45, 7) is 4.58. The predicted molar refractivity (Wildman–Crippen MR) is 126 cm³/mol. The second-order valence-electron chi connectivity index (χ2n) is 7.71. The minimum Gasteiger partial charge on any atom is -0.484 e. The SMILES string of the molecule is CCNC(=O)C(Cc1ccccc1)N(Cc1ccc(C)cc1)C(=O)COc1ccccc1. The zero-order valence-electron chi connectivity index (χ0n) is 18.7. The smallest absolute Gasteiger partial charge is 0.261 e. The molecule has 0 aromatic heterocycles. The first kappa shape index (κ1) is 23.1. The molecule has 5 nitrogen and oxygen atoms in total. The van der Waals surface area contributed by atoms with E-state index < -0.39 is 6.04 Å². The Kier molecular flexibility index (Phi) is 8.44. The Balaban J connectivity index is 1.87. The fourth-order valence-electron chi connectivity index (χ4n) is 3.48. The minimum atomic E-state index is -0.648. The number of aryl methyl sites for hydroxylation is 1. The Labute approximate surface area is 190 Å². The second-order valence-corrected chi connectivity index (χ2v) is 7.71. The van der Waals surface area contributed by atoms with Gasteiger partial charge in [-0.25, -0.2) is 0 Å². The first-order valence-corrected chi connectivity index (χ1v) is 10.9. The van der Waals surface area contributed by atoms with Crippen LogP contribution in [-0.2, 0) is 22.6 Å². The van der Waals surface area contributed by atoms with Crippen LogP contribution in [0.3, 0.4) is 0 Å². The highest BCUT2D eigenvalue weighted by Gasteiger charge is 2.30. The monoisotopic (exact) mass is 430 g/mol. The van der Waals surface area contributed by atoms with E-state index in [9.17, 15) is 9.59 Å². The van der Waals surface area contributed by atoms with Gasteiger partial charge in [0, 0.05) is 19.5 Å². The molecule has 2 amide bonds. The van der Waals surface area contributed by atoms with Crippen molar-refractivity contribution in [3.8, 4) is 5.75 Å². The molecule has 1 N–H and O–H groups in total. The molecule has 0 heterocycles. The van der Waals surface area contributed by atoms with Crippen LogP contribution in [0.15, 0.2) is 84.9 Å². The van der Waals surface area contributed by atoms with Crippen molar-refractivity contribution in [3.05, 3.63) is 102 Å². The minimum absolute atomic E-state index is 0.138. The number of hydrogen-bond acceptors (Lipinski definition) is 3. The van der Waals surface area contributed by atoms with Crippen LogP contribution >= 0.6 is 0 Å². The van der Waals surface area contributed by atoms with E-state index in [-0.39, 0.29) is 18.4 Å². The summed E-state index contributed by atoms with van der Waals surface area (Å²) >= 11 is 0. The number of ether oxygens (including phenoxy) is 1. The predicted octanol–water partition coefficient (Wildman–Crippen LogP) is 4.15. The maximum Gasteiger partial charge on any atom is 0.261 e. The Morgan fingerprint density at radius 2 is 1.50 bits per heavy atom. The van der Waals surface area contributed by atoms with E-state index in [2.05, 4.69) is 5.32 Å². The van der Waals surface area contributed by atoms with E-state index >= 15 is 0 Å². The molecule has 3 aromatic carbocycles. The zero-order chi connectivity index (χ0) is 22.8. The van der Waals surface area contributed by atoms with Gasteiger partial charge < -0.3 is 15.0 Å². The number of carbonyl (C=O) groups is 2. The zero-order valence-corrected chi connectivity index (χ0v) is 18.7. The van der Waals surface area contributed by atoms with Gasteiger partial charge in [-0.2, -0.15) is 0 Å². The fraction of sp³-hybridized carbons (Fsp3) is 0.259. The van der Waals surface area contributed by atoms with Crippen LogP contribution in [0.25, 0.3) is 0 Å². The molecule has 1 atom stereocenters. The molecule has 5 heteroatoms. The molecular weight excluding hydrogens is 400 g/mol. The van der Waals surface area contributed by atoms with Crippen LogP contribution < -0.4 is 10.1 Å². The Morgan fingerprint density at radius 3 is 2.12 bits per heavy atom. The van der Waals surface area contributed by atoms with E-state index in [1.807, 2.05) is 98.8 Å². The van der Waals surface area contributed by atoms with Gasteiger partial charge in [0.1, 0.15) is 11.8 Å². The maximum atomic E-state index is 13.3. The van der Waals surface area contributed by atoms with Crippen LogP contribution in [0.1, 0.15) is 23.6 Å². The molecule has 32 heavy (non-hydrogen) atoms. The van der Waals surface area contributed by atoms with Crippen LogP contribution in [-0.4, -0.2) is 35.9 Å². The molecule has 166 valence electrons. The lowest BCUT2D eigenvalue weighted by molar-refractivity contribution is -0.142. The van der Waals surface area contributed by atoms with Crippen molar-refractivity contribution in [2.75, 3.05) is 13.2 Å². The van der Waals surface area contributed by atoms with Crippen molar-refractivity contribution in [2.45, 2.75) is 32.9 Å². The van der Waals surface area contributed by atoms with Crippen LogP contribution in [0, 0.1) is 6.92 Å². The topological polar surface area (TPSA) is 58.6 Å². The van der Waals surface area contributed by atoms with Crippen molar-refractivity contribution < 1.29 is 14.3 Å². The van der Waals surface area contributed by atoms with E-state index in [1.54, 1.807) is 4.90 Å². The quantitative estimate of drug-likeness (QED) is 0.526. The van der Waals surface area contributed by atoms with Crippen LogP contribution in [0.4, 0.5) is 0 Å². The fourth-order valence-corrected chi connectivity index (χ4v) is 3.48. The molecule has 0 aliphatic heterocycles.